The van der Waals surface area contributed by atoms with Crippen molar-refractivity contribution in [2.75, 3.05) is 13.2 Å². The number of fused-ring (bicyclic) bond motifs is 1. The van der Waals surface area contributed by atoms with Gasteiger partial charge in [0.05, 0.1) is 33.5 Å². The van der Waals surface area contributed by atoms with E-state index in [0.29, 0.717) is 30.6 Å². The summed E-state index contributed by atoms with van der Waals surface area (Å²) in [6.45, 7) is -0.335. The highest BCUT2D eigenvalue weighted by molar-refractivity contribution is 6.30. The molecule has 220 valence electrons. The summed E-state index contributed by atoms with van der Waals surface area (Å²) < 4.78 is 42.3. The lowest BCUT2D eigenvalue weighted by molar-refractivity contribution is 0.0903. The number of rotatable bonds is 9. The molecule has 13 heteroatoms. The number of hydrogen-bond donors (Lipinski definition) is 2. The third-order valence-electron chi connectivity index (χ3n) is 7.41. The lowest BCUT2D eigenvalue weighted by Gasteiger charge is -2.29. The first-order valence-electron chi connectivity index (χ1n) is 13.5. The predicted octanol–water partition coefficient (Wildman–Crippen LogP) is 4.86. The number of hydrogen-bond acceptors (Lipinski definition) is 5. The van der Waals surface area contributed by atoms with Crippen LogP contribution in [-0.4, -0.2) is 50.2 Å². The minimum absolute atomic E-state index is 0.101. The van der Waals surface area contributed by atoms with Crippen LogP contribution in [0.25, 0.3) is 16.7 Å². The van der Waals surface area contributed by atoms with Gasteiger partial charge in [-0.05, 0) is 61.9 Å². The van der Waals surface area contributed by atoms with E-state index < -0.39 is 30.6 Å². The Morgan fingerprint density at radius 2 is 1.74 bits per heavy atom. The van der Waals surface area contributed by atoms with Gasteiger partial charge in [0, 0.05) is 25.3 Å². The second kappa shape index (κ2) is 12.8. The molecule has 42 heavy (non-hydrogen) atoms. The van der Waals surface area contributed by atoms with Gasteiger partial charge in [-0.2, -0.15) is 0 Å². The number of amides is 2. The Hall–Kier alpha value is -4.19. The molecule has 0 radical (unpaired) electrons. The fourth-order valence-electron chi connectivity index (χ4n) is 5.35. The number of halogens is 4. The summed E-state index contributed by atoms with van der Waals surface area (Å²) in [6.07, 6.45) is 2.30. The van der Waals surface area contributed by atoms with Crippen molar-refractivity contribution >= 4 is 34.4 Å². The number of para-hydroxylation sites is 2. The lowest BCUT2D eigenvalue weighted by Crippen LogP contribution is -2.39. The largest absolute Gasteiger partial charge is 0.349 e. The third kappa shape index (κ3) is 6.18. The maximum atomic E-state index is 13.6. The second-order valence-corrected chi connectivity index (χ2v) is 10.6. The highest BCUT2D eigenvalue weighted by atomic mass is 35.5. The van der Waals surface area contributed by atoms with Gasteiger partial charge in [0.15, 0.2) is 0 Å². The first-order chi connectivity index (χ1) is 20.3. The molecule has 1 aliphatic rings. The van der Waals surface area contributed by atoms with Gasteiger partial charge in [-0.3, -0.25) is 23.7 Å². The number of benzene rings is 1. The molecular formula is C29H28ClF3N6O3. The van der Waals surface area contributed by atoms with Crippen molar-refractivity contribution in [1.82, 2.24) is 29.7 Å². The summed E-state index contributed by atoms with van der Waals surface area (Å²) in [6, 6.07) is 11.5. The average Bonchev–Trinajstić information content (AvgIpc) is 3.27. The van der Waals surface area contributed by atoms with E-state index in [4.69, 9.17) is 11.6 Å². The number of carbonyl (C=O) groups excluding carboxylic acids is 2. The quantitative estimate of drug-likeness (QED) is 0.285. The average molecular weight is 601 g/mol. The van der Waals surface area contributed by atoms with Crippen LogP contribution in [0.15, 0.2) is 59.7 Å². The summed E-state index contributed by atoms with van der Waals surface area (Å²) in [5.74, 6) is -0.985. The Bertz CT molecular complexity index is 1650. The van der Waals surface area contributed by atoms with Gasteiger partial charge >= 0.3 is 5.69 Å². The van der Waals surface area contributed by atoms with Crippen molar-refractivity contribution in [3.63, 3.8) is 0 Å². The zero-order valence-electron chi connectivity index (χ0n) is 22.4. The van der Waals surface area contributed by atoms with Crippen LogP contribution in [-0.2, 0) is 6.54 Å². The fraction of sp³-hybridized carbons (Fsp3) is 0.345. The summed E-state index contributed by atoms with van der Waals surface area (Å²) in [4.78, 5) is 46.3. The SMILES string of the molecule is O=C(NCCF)c1ccc(-n2c(=O)n(C[C@H]3CC[C@H](NC(=O)c4cc(Cl)cnc4C(F)F)CC3)c3ccccc32)cn1. The van der Waals surface area contributed by atoms with Gasteiger partial charge in [-0.25, -0.2) is 22.9 Å². The Kier molecular flexibility index (Phi) is 8.91. The van der Waals surface area contributed by atoms with Crippen molar-refractivity contribution in [2.24, 2.45) is 5.92 Å². The molecule has 2 N–H and O–H groups in total. The molecule has 3 heterocycles. The predicted molar refractivity (Wildman–Crippen MR) is 151 cm³/mol. The minimum atomic E-state index is -2.90. The summed E-state index contributed by atoms with van der Waals surface area (Å²) in [5, 5.41) is 5.35. The van der Waals surface area contributed by atoms with Gasteiger partial charge < -0.3 is 10.6 Å². The maximum absolute atomic E-state index is 13.6. The molecule has 0 saturated heterocycles. The molecule has 0 atom stereocenters. The number of nitrogens with zero attached hydrogens (tertiary/aromatic N) is 4. The number of nitrogens with one attached hydrogen (secondary N) is 2. The standard InChI is InChI=1S/C29H28ClF3N6O3/c30-18-13-21(25(26(32)33)36-14-18)27(40)37-19-7-5-17(6-8-19)16-38-23-3-1-2-4-24(23)39(29(38)42)20-9-10-22(35-15-20)28(41)34-12-11-31/h1-4,9-10,13-15,17,19,26H,5-8,11-12,16H2,(H,34,41)(H,37,40)/t17-,19-. The molecule has 4 aromatic rings. The second-order valence-electron chi connectivity index (χ2n) is 10.1. The van der Waals surface area contributed by atoms with Gasteiger partial charge in [-0.1, -0.05) is 23.7 Å². The number of imidazole rings is 1. The zero-order chi connectivity index (χ0) is 29.8. The van der Waals surface area contributed by atoms with Crippen molar-refractivity contribution in [3.05, 3.63) is 87.3 Å². The van der Waals surface area contributed by atoms with Gasteiger partial charge in [0.1, 0.15) is 18.1 Å². The van der Waals surface area contributed by atoms with Crippen LogP contribution in [0.4, 0.5) is 13.2 Å². The van der Waals surface area contributed by atoms with Crippen LogP contribution in [0.5, 0.6) is 0 Å². The summed E-state index contributed by atoms with van der Waals surface area (Å²) in [5.41, 5.74) is 0.941. The molecule has 0 spiro atoms. The topological polar surface area (TPSA) is 111 Å². The van der Waals surface area contributed by atoms with E-state index >= 15 is 0 Å². The van der Waals surface area contributed by atoms with Crippen molar-refractivity contribution < 1.29 is 22.8 Å². The molecule has 1 aromatic carbocycles. The normalized spacial score (nSPS) is 17.0. The minimum Gasteiger partial charge on any atom is -0.349 e. The molecule has 3 aromatic heterocycles. The first kappa shape index (κ1) is 29.3. The maximum Gasteiger partial charge on any atom is 0.333 e. The van der Waals surface area contributed by atoms with E-state index in [0.717, 1.165) is 24.6 Å². The van der Waals surface area contributed by atoms with E-state index in [9.17, 15) is 27.6 Å². The number of carbonyl (C=O) groups is 2. The molecular weight excluding hydrogens is 573 g/mol. The smallest absolute Gasteiger partial charge is 0.333 e. The zero-order valence-corrected chi connectivity index (χ0v) is 23.2. The van der Waals surface area contributed by atoms with Crippen molar-refractivity contribution in [2.45, 2.75) is 44.7 Å². The van der Waals surface area contributed by atoms with E-state index in [2.05, 4.69) is 20.6 Å². The molecule has 2 amide bonds. The number of pyridine rings is 2. The van der Waals surface area contributed by atoms with E-state index in [1.165, 1.54) is 22.9 Å². The Morgan fingerprint density at radius 1 is 1.00 bits per heavy atom. The molecule has 9 nitrogen and oxygen atoms in total. The Labute approximate surface area is 243 Å². The molecule has 0 aliphatic heterocycles. The number of aromatic nitrogens is 4. The van der Waals surface area contributed by atoms with Crippen LogP contribution in [0, 0.1) is 5.92 Å². The van der Waals surface area contributed by atoms with Crippen molar-refractivity contribution in [1.29, 1.82) is 0 Å². The first-order valence-corrected chi connectivity index (χ1v) is 13.9. The van der Waals surface area contributed by atoms with Crippen LogP contribution >= 0.6 is 11.6 Å². The monoisotopic (exact) mass is 600 g/mol. The van der Waals surface area contributed by atoms with E-state index in [1.54, 1.807) is 10.6 Å². The highest BCUT2D eigenvalue weighted by Gasteiger charge is 2.27. The van der Waals surface area contributed by atoms with E-state index in [1.807, 2.05) is 24.3 Å². The van der Waals surface area contributed by atoms with Crippen LogP contribution < -0.4 is 16.3 Å². The van der Waals surface area contributed by atoms with Crippen LogP contribution in [0.2, 0.25) is 5.02 Å². The van der Waals surface area contributed by atoms with Crippen molar-refractivity contribution in [3.8, 4) is 5.69 Å². The Morgan fingerprint density at radius 3 is 2.40 bits per heavy atom. The highest BCUT2D eigenvalue weighted by Crippen LogP contribution is 2.29. The third-order valence-corrected chi connectivity index (χ3v) is 7.62. The fourth-order valence-corrected chi connectivity index (χ4v) is 5.51. The van der Waals surface area contributed by atoms with E-state index in [-0.39, 0.29) is 40.5 Å². The number of alkyl halides is 3. The van der Waals surface area contributed by atoms with Crippen LogP contribution in [0.1, 0.15) is 58.6 Å². The Balaban J connectivity index is 1.29. The molecule has 1 aliphatic carbocycles. The molecule has 1 saturated carbocycles. The molecule has 0 unspecified atom stereocenters. The van der Waals surface area contributed by atoms with Gasteiger partial charge in [0.25, 0.3) is 18.2 Å². The van der Waals surface area contributed by atoms with Crippen LogP contribution in [0.3, 0.4) is 0 Å². The van der Waals surface area contributed by atoms with Gasteiger partial charge in [0.2, 0.25) is 0 Å². The molecule has 5 rings (SSSR count). The summed E-state index contributed by atoms with van der Waals surface area (Å²) in [7, 11) is 0. The van der Waals surface area contributed by atoms with Gasteiger partial charge in [-0.15, -0.1) is 0 Å². The summed E-state index contributed by atoms with van der Waals surface area (Å²) >= 11 is 5.89. The molecule has 1 fully saturated rings. The lowest BCUT2D eigenvalue weighted by atomic mass is 9.85. The molecule has 0 bridgehead atoms.